The Morgan fingerprint density at radius 3 is 2.53 bits per heavy atom. The summed E-state index contributed by atoms with van der Waals surface area (Å²) in [5, 5.41) is 0. The van der Waals surface area contributed by atoms with E-state index in [1.165, 1.54) is 12.1 Å². The maximum Gasteiger partial charge on any atom is 0.264 e. The first-order chi connectivity index (χ1) is 15.4. The van der Waals surface area contributed by atoms with Crippen molar-refractivity contribution in [2.45, 2.75) is 45.1 Å². The minimum absolute atomic E-state index is 0.0814. The average Bonchev–Trinajstić information content (AvgIpc) is 3.61. The van der Waals surface area contributed by atoms with Gasteiger partial charge in [-0.3, -0.25) is 14.4 Å². The summed E-state index contributed by atoms with van der Waals surface area (Å²) in [7, 11) is 0. The van der Waals surface area contributed by atoms with Gasteiger partial charge in [-0.2, -0.15) is 0 Å². The molecule has 0 aromatic heterocycles. The molecule has 4 rings (SSSR count). The van der Waals surface area contributed by atoms with E-state index in [2.05, 4.69) is 9.62 Å². The lowest BCUT2D eigenvalue weighted by atomic mass is 9.97. The molecule has 4 nitrogen and oxygen atoms in total. The first-order valence-corrected chi connectivity index (χ1v) is 12.4. The molecule has 172 valence electrons. The number of hydrogen-bond acceptors (Lipinski definition) is 4. The summed E-state index contributed by atoms with van der Waals surface area (Å²) in [5.74, 6) is 0.232. The largest absolute Gasteiger partial charge is 0.493 e. The molecule has 2 aliphatic rings. The van der Waals surface area contributed by atoms with Crippen molar-refractivity contribution in [2.75, 3.05) is 26.0 Å². The number of aryl methyl sites for hydroxylation is 1. The number of carbonyl (C=O) groups is 1. The average molecular weight is 461 g/mol. The molecule has 1 amide bonds. The van der Waals surface area contributed by atoms with E-state index < -0.39 is 11.7 Å². The van der Waals surface area contributed by atoms with Gasteiger partial charge in [0.25, 0.3) is 5.91 Å². The second-order valence-electron chi connectivity index (χ2n) is 8.89. The zero-order valence-corrected chi connectivity index (χ0v) is 19.4. The van der Waals surface area contributed by atoms with Gasteiger partial charge < -0.3 is 4.74 Å². The molecule has 7 heteroatoms. The van der Waals surface area contributed by atoms with Crippen LogP contribution in [0.5, 0.6) is 5.75 Å². The molecular formula is C25H30F2N2O2S. The van der Waals surface area contributed by atoms with Gasteiger partial charge >= 0.3 is 0 Å². The highest BCUT2D eigenvalue weighted by molar-refractivity contribution is 7.97. The fourth-order valence-corrected chi connectivity index (χ4v) is 4.61. The van der Waals surface area contributed by atoms with Crippen molar-refractivity contribution < 1.29 is 18.3 Å². The first-order valence-electron chi connectivity index (χ1n) is 11.2. The zero-order valence-electron chi connectivity index (χ0n) is 18.6. The smallest absolute Gasteiger partial charge is 0.264 e. The molecule has 0 radical (unpaired) electrons. The molecule has 2 fully saturated rings. The molecule has 1 heterocycles. The number of nitrogens with one attached hydrogen (secondary N) is 1. The SMILES string of the molecule is CSNC(=O)c1cc(C2CC2)c(OCC2CCN(Cc3ccc(F)c(C)c3)CC2)cc1F. The minimum Gasteiger partial charge on any atom is -0.493 e. The van der Waals surface area contributed by atoms with Crippen LogP contribution in [-0.2, 0) is 6.54 Å². The molecule has 2 aromatic carbocycles. The minimum atomic E-state index is -0.541. The van der Waals surface area contributed by atoms with Gasteiger partial charge in [0.2, 0.25) is 0 Å². The number of rotatable bonds is 8. The first kappa shape index (κ1) is 23.1. The zero-order chi connectivity index (χ0) is 22.7. The highest BCUT2D eigenvalue weighted by atomic mass is 32.2. The molecule has 2 aromatic rings. The van der Waals surface area contributed by atoms with E-state index in [4.69, 9.17) is 4.74 Å². The van der Waals surface area contributed by atoms with Gasteiger partial charge in [0.15, 0.2) is 0 Å². The van der Waals surface area contributed by atoms with Gasteiger partial charge in [0.1, 0.15) is 17.4 Å². The quantitative estimate of drug-likeness (QED) is 0.532. The van der Waals surface area contributed by atoms with E-state index >= 15 is 0 Å². The third kappa shape index (κ3) is 5.62. The number of benzene rings is 2. The predicted molar refractivity (Wildman–Crippen MR) is 124 cm³/mol. The van der Waals surface area contributed by atoms with E-state index in [9.17, 15) is 13.6 Å². The molecule has 1 saturated heterocycles. The number of halogens is 2. The van der Waals surface area contributed by atoms with Crippen LogP contribution < -0.4 is 9.46 Å². The highest BCUT2D eigenvalue weighted by Crippen LogP contribution is 2.45. The van der Waals surface area contributed by atoms with Gasteiger partial charge in [-0.25, -0.2) is 8.78 Å². The maximum absolute atomic E-state index is 14.6. The van der Waals surface area contributed by atoms with Gasteiger partial charge in [-0.1, -0.05) is 24.1 Å². The fourth-order valence-electron chi connectivity index (χ4n) is 4.31. The van der Waals surface area contributed by atoms with Crippen LogP contribution in [0.4, 0.5) is 8.78 Å². The summed E-state index contributed by atoms with van der Waals surface area (Å²) < 4.78 is 36.8. The number of hydrogen-bond donors (Lipinski definition) is 1. The molecule has 0 bridgehead atoms. The van der Waals surface area contributed by atoms with Gasteiger partial charge in [0, 0.05) is 18.9 Å². The number of likely N-dealkylation sites (tertiary alicyclic amines) is 1. The van der Waals surface area contributed by atoms with E-state index in [-0.39, 0.29) is 11.4 Å². The van der Waals surface area contributed by atoms with Crippen LogP contribution in [0.1, 0.15) is 58.6 Å². The van der Waals surface area contributed by atoms with E-state index in [1.54, 1.807) is 19.2 Å². The number of piperidine rings is 1. The molecule has 1 saturated carbocycles. The van der Waals surface area contributed by atoms with Crippen LogP contribution in [0.25, 0.3) is 0 Å². The number of nitrogens with zero attached hydrogens (tertiary/aromatic N) is 1. The van der Waals surface area contributed by atoms with Crippen molar-refractivity contribution in [1.29, 1.82) is 0 Å². The molecule has 1 N–H and O–H groups in total. The summed E-state index contributed by atoms with van der Waals surface area (Å²) in [4.78, 5) is 14.5. The highest BCUT2D eigenvalue weighted by Gasteiger charge is 2.30. The molecule has 0 unspecified atom stereocenters. The standard InChI is InChI=1S/C25H30F2N2O2S/c1-16-11-18(3-6-22(16)26)14-29-9-7-17(8-10-29)15-31-24-13-23(27)21(25(30)28-32-2)12-20(24)19-4-5-19/h3,6,11-13,17,19H,4-5,7-10,14-15H2,1-2H3,(H,28,30). The van der Waals surface area contributed by atoms with Crippen LogP contribution >= 0.6 is 11.9 Å². The van der Waals surface area contributed by atoms with Gasteiger partial charge in [-0.15, -0.1) is 0 Å². The Morgan fingerprint density at radius 2 is 1.88 bits per heavy atom. The molecule has 0 atom stereocenters. The van der Waals surface area contributed by atoms with Crippen LogP contribution in [0.15, 0.2) is 30.3 Å². The Morgan fingerprint density at radius 1 is 1.12 bits per heavy atom. The van der Waals surface area contributed by atoms with Crippen LogP contribution in [0.3, 0.4) is 0 Å². The Balaban J connectivity index is 1.33. The summed E-state index contributed by atoms with van der Waals surface area (Å²) in [6, 6.07) is 8.37. The monoisotopic (exact) mass is 460 g/mol. The summed E-state index contributed by atoms with van der Waals surface area (Å²) >= 11 is 1.16. The van der Waals surface area contributed by atoms with Crippen molar-refractivity contribution in [2.24, 2.45) is 5.92 Å². The molecule has 1 aliphatic heterocycles. The summed E-state index contributed by atoms with van der Waals surface area (Å²) in [6.45, 7) is 5.09. The van der Waals surface area contributed by atoms with Crippen molar-refractivity contribution >= 4 is 17.9 Å². The Hall–Kier alpha value is -2.12. The van der Waals surface area contributed by atoms with Crippen LogP contribution in [-0.4, -0.2) is 36.8 Å². The second kappa shape index (κ2) is 10.2. The number of carbonyl (C=O) groups excluding carboxylic acids is 1. The van der Waals surface area contributed by atoms with Crippen molar-refractivity contribution in [3.05, 3.63) is 64.2 Å². The molecule has 32 heavy (non-hydrogen) atoms. The Bertz CT molecular complexity index is 973. The number of amides is 1. The van der Waals surface area contributed by atoms with Crippen molar-refractivity contribution in [1.82, 2.24) is 9.62 Å². The normalized spacial score (nSPS) is 17.4. The predicted octanol–water partition coefficient (Wildman–Crippen LogP) is 5.45. The van der Waals surface area contributed by atoms with Crippen molar-refractivity contribution in [3.8, 4) is 5.75 Å². The lowest BCUT2D eigenvalue weighted by Crippen LogP contribution is -2.35. The molecular weight excluding hydrogens is 430 g/mol. The Kier molecular flexibility index (Phi) is 7.36. The maximum atomic E-state index is 14.6. The molecule has 0 spiro atoms. The van der Waals surface area contributed by atoms with E-state index in [0.29, 0.717) is 29.8 Å². The molecule has 1 aliphatic carbocycles. The van der Waals surface area contributed by atoms with Gasteiger partial charge in [0.05, 0.1) is 12.2 Å². The third-order valence-corrected chi connectivity index (χ3v) is 6.76. The lowest BCUT2D eigenvalue weighted by Gasteiger charge is -2.32. The summed E-state index contributed by atoms with van der Waals surface area (Å²) in [5.41, 5.74) is 2.84. The van der Waals surface area contributed by atoms with Crippen LogP contribution in [0, 0.1) is 24.5 Å². The topological polar surface area (TPSA) is 41.6 Å². The van der Waals surface area contributed by atoms with Gasteiger partial charge in [-0.05, 0) is 86.4 Å². The number of ether oxygens (including phenoxy) is 1. The lowest BCUT2D eigenvalue weighted by molar-refractivity contribution is 0.0980. The second-order valence-corrected chi connectivity index (χ2v) is 9.51. The Labute approximate surface area is 192 Å². The summed E-state index contributed by atoms with van der Waals surface area (Å²) in [6.07, 6.45) is 5.85. The fraction of sp³-hybridized carbons (Fsp3) is 0.480. The van der Waals surface area contributed by atoms with E-state index in [0.717, 1.165) is 68.4 Å². The van der Waals surface area contributed by atoms with Crippen LogP contribution in [0.2, 0.25) is 0 Å². The van der Waals surface area contributed by atoms with E-state index in [1.807, 2.05) is 12.1 Å². The third-order valence-electron chi connectivity index (χ3n) is 6.37. The van der Waals surface area contributed by atoms with Crippen molar-refractivity contribution in [3.63, 3.8) is 0 Å².